The molecule has 0 radical (unpaired) electrons. The molecular formula is C22H36N4O6S. The minimum Gasteiger partial charge on any atom is -0.491 e. The van der Waals surface area contributed by atoms with Gasteiger partial charge in [0.05, 0.1) is 24.0 Å². The first-order valence-electron chi connectivity index (χ1n) is 11.0. The summed E-state index contributed by atoms with van der Waals surface area (Å²) < 4.78 is 37.9. The van der Waals surface area contributed by atoms with Crippen molar-refractivity contribution < 1.29 is 27.5 Å². The van der Waals surface area contributed by atoms with Crippen molar-refractivity contribution in [2.24, 2.45) is 5.92 Å². The second kappa shape index (κ2) is 11.7. The normalized spacial score (nSPS) is 23.0. The monoisotopic (exact) mass is 484 g/mol. The number of nitrogens with zero attached hydrogens (tertiary/aromatic N) is 2. The molecule has 0 spiro atoms. The lowest BCUT2D eigenvalue weighted by atomic mass is 10.0. The van der Waals surface area contributed by atoms with Gasteiger partial charge in [0.1, 0.15) is 12.4 Å². The zero-order valence-electron chi connectivity index (χ0n) is 20.3. The molecule has 3 amide bonds. The fourth-order valence-corrected chi connectivity index (χ4v) is 4.91. The molecule has 0 saturated heterocycles. The quantitative estimate of drug-likeness (QED) is 0.660. The van der Waals surface area contributed by atoms with Crippen LogP contribution in [0.5, 0.6) is 5.75 Å². The number of carbonyl (C=O) groups is 2. The van der Waals surface area contributed by atoms with Gasteiger partial charge in [0.25, 0.3) is 5.91 Å². The van der Waals surface area contributed by atoms with Crippen LogP contribution in [0.4, 0.5) is 10.5 Å². The summed E-state index contributed by atoms with van der Waals surface area (Å²) >= 11 is 0. The average molecular weight is 485 g/mol. The number of sulfonamides is 1. The van der Waals surface area contributed by atoms with Crippen molar-refractivity contribution in [1.82, 2.24) is 14.5 Å². The molecule has 1 aliphatic heterocycles. The first-order valence-corrected chi connectivity index (χ1v) is 12.9. The van der Waals surface area contributed by atoms with Gasteiger partial charge in [0, 0.05) is 45.5 Å². The van der Waals surface area contributed by atoms with E-state index in [1.165, 1.54) is 15.5 Å². The highest BCUT2D eigenvalue weighted by molar-refractivity contribution is 7.88. The summed E-state index contributed by atoms with van der Waals surface area (Å²) in [6.07, 6.45) is 1.62. The number of fused-ring (bicyclic) bond motifs is 1. The fourth-order valence-electron chi connectivity index (χ4n) is 3.69. The molecule has 10 nitrogen and oxygen atoms in total. The average Bonchev–Trinajstić information content (AvgIpc) is 2.75. The van der Waals surface area contributed by atoms with E-state index in [9.17, 15) is 18.0 Å². The van der Waals surface area contributed by atoms with Crippen LogP contribution in [0.1, 0.15) is 37.6 Å². The highest BCUT2D eigenvalue weighted by atomic mass is 32.2. The molecule has 2 N–H and O–H groups in total. The molecule has 11 heteroatoms. The van der Waals surface area contributed by atoms with Crippen LogP contribution in [0.2, 0.25) is 0 Å². The van der Waals surface area contributed by atoms with Gasteiger partial charge in [-0.25, -0.2) is 13.2 Å². The third kappa shape index (κ3) is 7.31. The molecule has 33 heavy (non-hydrogen) atoms. The first-order chi connectivity index (χ1) is 15.5. The lowest BCUT2D eigenvalue weighted by Gasteiger charge is -2.34. The van der Waals surface area contributed by atoms with Gasteiger partial charge in [-0.15, -0.1) is 0 Å². The predicted molar refractivity (Wildman–Crippen MR) is 127 cm³/mol. The van der Waals surface area contributed by atoms with Crippen LogP contribution in [-0.2, 0) is 14.8 Å². The Kier molecular flexibility index (Phi) is 9.50. The van der Waals surface area contributed by atoms with E-state index >= 15 is 0 Å². The highest BCUT2D eigenvalue weighted by Gasteiger charge is 2.31. The van der Waals surface area contributed by atoms with Gasteiger partial charge in [0.2, 0.25) is 10.0 Å². The Hall–Kier alpha value is -2.37. The van der Waals surface area contributed by atoms with E-state index in [1.807, 2.05) is 13.8 Å². The molecule has 0 bridgehead atoms. The molecule has 186 valence electrons. The van der Waals surface area contributed by atoms with E-state index in [2.05, 4.69) is 10.6 Å². The fraction of sp³-hybridized carbons (Fsp3) is 0.636. The minimum absolute atomic E-state index is 0.0346. The van der Waals surface area contributed by atoms with Gasteiger partial charge in [-0.3, -0.25) is 4.79 Å². The third-order valence-corrected chi connectivity index (χ3v) is 6.97. The number of amides is 3. The zero-order valence-corrected chi connectivity index (χ0v) is 21.1. The maximum Gasteiger partial charge on any atom is 0.319 e. The van der Waals surface area contributed by atoms with Crippen LogP contribution in [-0.4, -0.2) is 88.4 Å². The Labute approximate surface area is 196 Å². The van der Waals surface area contributed by atoms with Gasteiger partial charge in [-0.2, -0.15) is 4.31 Å². The number of hydrogen-bond acceptors (Lipinski definition) is 6. The SMILES string of the molecule is CCCNC(=O)Nc1ccc2c(c1)OC[C@@H](C)N(S(C)(=O)=O)C[C@H](C)[C@@H](OC)CN(C)C2=O. The van der Waals surface area contributed by atoms with E-state index in [0.717, 1.165) is 6.42 Å². The Bertz CT molecular complexity index is 939. The summed E-state index contributed by atoms with van der Waals surface area (Å²) in [4.78, 5) is 26.8. The van der Waals surface area contributed by atoms with Gasteiger partial charge in [0.15, 0.2) is 0 Å². The number of hydrogen-bond donors (Lipinski definition) is 2. The lowest BCUT2D eigenvalue weighted by Crippen LogP contribution is -2.48. The lowest BCUT2D eigenvalue weighted by molar-refractivity contribution is 0.0213. The number of urea groups is 1. The van der Waals surface area contributed by atoms with Crippen molar-refractivity contribution in [3.63, 3.8) is 0 Å². The molecular weight excluding hydrogens is 448 g/mol. The van der Waals surface area contributed by atoms with Crippen molar-refractivity contribution in [2.75, 3.05) is 52.0 Å². The molecule has 1 aliphatic rings. The van der Waals surface area contributed by atoms with Crippen LogP contribution < -0.4 is 15.4 Å². The zero-order chi connectivity index (χ0) is 24.8. The molecule has 3 atom stereocenters. The second-order valence-electron chi connectivity index (χ2n) is 8.52. The molecule has 2 rings (SSSR count). The predicted octanol–water partition coefficient (Wildman–Crippen LogP) is 1.98. The summed E-state index contributed by atoms with van der Waals surface area (Å²) in [7, 11) is -0.293. The Morgan fingerprint density at radius 3 is 2.58 bits per heavy atom. The van der Waals surface area contributed by atoms with Crippen LogP contribution in [0.3, 0.4) is 0 Å². The molecule has 0 saturated carbocycles. The summed E-state index contributed by atoms with van der Waals surface area (Å²) in [5.74, 6) is -0.146. The van der Waals surface area contributed by atoms with E-state index in [1.54, 1.807) is 39.3 Å². The number of likely N-dealkylation sites (N-methyl/N-ethyl adjacent to an activating group) is 1. The van der Waals surface area contributed by atoms with Crippen molar-refractivity contribution in [3.8, 4) is 5.75 Å². The smallest absolute Gasteiger partial charge is 0.319 e. The topological polar surface area (TPSA) is 117 Å². The van der Waals surface area contributed by atoms with E-state index in [0.29, 0.717) is 17.8 Å². The molecule has 0 aliphatic carbocycles. The molecule has 0 aromatic heterocycles. The summed E-state index contributed by atoms with van der Waals surface area (Å²) in [6.45, 7) is 6.70. The second-order valence-corrected chi connectivity index (χ2v) is 10.5. The van der Waals surface area contributed by atoms with Crippen molar-refractivity contribution in [3.05, 3.63) is 23.8 Å². The Morgan fingerprint density at radius 1 is 1.27 bits per heavy atom. The number of ether oxygens (including phenoxy) is 2. The summed E-state index contributed by atoms with van der Waals surface area (Å²) in [6, 6.07) is 3.96. The molecule has 0 unspecified atom stereocenters. The van der Waals surface area contributed by atoms with Crippen LogP contribution in [0.25, 0.3) is 0 Å². The number of benzene rings is 1. The molecule has 1 aromatic carbocycles. The van der Waals surface area contributed by atoms with Gasteiger partial charge >= 0.3 is 6.03 Å². The van der Waals surface area contributed by atoms with Crippen LogP contribution in [0.15, 0.2) is 18.2 Å². The molecule has 1 heterocycles. The van der Waals surface area contributed by atoms with Crippen molar-refractivity contribution in [2.45, 2.75) is 39.3 Å². The molecule has 0 fully saturated rings. The van der Waals surface area contributed by atoms with Gasteiger partial charge < -0.3 is 25.0 Å². The summed E-state index contributed by atoms with van der Waals surface area (Å²) in [5.41, 5.74) is 0.777. The number of rotatable bonds is 5. The van der Waals surface area contributed by atoms with Crippen LogP contribution >= 0.6 is 0 Å². The molecule has 1 aromatic rings. The number of methoxy groups -OCH3 is 1. The maximum atomic E-state index is 13.2. The largest absolute Gasteiger partial charge is 0.491 e. The Balaban J connectivity index is 2.43. The summed E-state index contributed by atoms with van der Waals surface area (Å²) in [5, 5.41) is 5.45. The minimum atomic E-state index is -3.51. The number of nitrogens with one attached hydrogen (secondary N) is 2. The number of carbonyl (C=O) groups excluding carboxylic acids is 2. The Morgan fingerprint density at radius 2 is 1.97 bits per heavy atom. The standard InChI is InChI=1S/C22H36N4O6S/c1-7-10-23-22(28)24-17-8-9-18-19(11-17)32-14-16(3)26(33(6,29)30)12-15(2)20(31-5)13-25(4)21(18)27/h8-9,11,15-16,20H,7,10,12-14H2,1-6H3,(H2,23,24,28)/t15-,16+,20-/m0/s1. The van der Waals surface area contributed by atoms with Crippen LogP contribution in [0, 0.1) is 5.92 Å². The third-order valence-electron chi connectivity index (χ3n) is 5.61. The van der Waals surface area contributed by atoms with Gasteiger partial charge in [-0.05, 0) is 31.4 Å². The van der Waals surface area contributed by atoms with Crippen molar-refractivity contribution in [1.29, 1.82) is 0 Å². The van der Waals surface area contributed by atoms with E-state index in [4.69, 9.17) is 9.47 Å². The van der Waals surface area contributed by atoms with E-state index in [-0.39, 0.29) is 49.4 Å². The highest BCUT2D eigenvalue weighted by Crippen LogP contribution is 2.27. The van der Waals surface area contributed by atoms with Gasteiger partial charge in [-0.1, -0.05) is 13.8 Å². The van der Waals surface area contributed by atoms with E-state index < -0.39 is 16.1 Å². The number of anilines is 1. The first kappa shape index (κ1) is 26.9. The van der Waals surface area contributed by atoms with Crippen molar-refractivity contribution >= 4 is 27.6 Å². The maximum absolute atomic E-state index is 13.2.